The number of aliphatic hydroxyl groups excluding tert-OH is 2. The van der Waals surface area contributed by atoms with Gasteiger partial charge in [0, 0.05) is 6.20 Å². The van der Waals surface area contributed by atoms with Crippen LogP contribution in [0.15, 0.2) is 17.1 Å². The van der Waals surface area contributed by atoms with Crippen molar-refractivity contribution >= 4 is 14.0 Å². The van der Waals surface area contributed by atoms with Gasteiger partial charge in [0.05, 0.1) is 0 Å². The van der Waals surface area contributed by atoms with Gasteiger partial charge in [-0.3, -0.25) is 4.57 Å². The van der Waals surface area contributed by atoms with E-state index < -0.39 is 45.0 Å². The van der Waals surface area contributed by atoms with Crippen LogP contribution in [0.4, 0.5) is 5.82 Å². The Labute approximate surface area is 118 Å². The molecule has 1 aromatic rings. The molecular formula is C9H15N3O8P+. The number of nitrogens with zero attached hydrogens (tertiary/aromatic N) is 2. The zero-order valence-corrected chi connectivity index (χ0v) is 11.4. The van der Waals surface area contributed by atoms with E-state index in [1.54, 1.807) is 0 Å². The molecular weight excluding hydrogens is 309 g/mol. The topological polar surface area (TPSA) is 181 Å². The maximum absolute atomic E-state index is 11.7. The number of rotatable bonds is 4. The molecule has 0 aromatic carbocycles. The Morgan fingerprint density at radius 1 is 1.38 bits per heavy atom. The summed E-state index contributed by atoms with van der Waals surface area (Å²) in [5, 5.41) is 19.7. The van der Waals surface area contributed by atoms with Gasteiger partial charge in [-0.1, -0.05) is 0 Å². The Bertz CT molecular complexity index is 561. The molecule has 1 aromatic heterocycles. The van der Waals surface area contributed by atoms with E-state index in [2.05, 4.69) is 9.51 Å². The van der Waals surface area contributed by atoms with Crippen molar-refractivity contribution < 1.29 is 34.2 Å². The lowest BCUT2D eigenvalue weighted by atomic mass is 10.1. The molecule has 1 saturated heterocycles. The van der Waals surface area contributed by atoms with E-state index in [9.17, 15) is 15.0 Å². The van der Waals surface area contributed by atoms with Crippen LogP contribution in [0.1, 0.15) is 6.23 Å². The monoisotopic (exact) mass is 324 g/mol. The van der Waals surface area contributed by atoms with E-state index in [-0.39, 0.29) is 5.82 Å². The minimum absolute atomic E-state index is 0.0143. The number of nitrogens with two attached hydrogens (primary N) is 1. The fraction of sp³-hybridized carbons (Fsp3) is 0.556. The van der Waals surface area contributed by atoms with Crippen molar-refractivity contribution in [1.82, 2.24) is 9.55 Å². The van der Waals surface area contributed by atoms with Crippen molar-refractivity contribution in [1.29, 1.82) is 0 Å². The number of aliphatic hydroxyl groups is 2. The van der Waals surface area contributed by atoms with E-state index in [4.69, 9.17) is 25.2 Å². The van der Waals surface area contributed by atoms with Gasteiger partial charge in [0.25, 0.3) is 0 Å². The molecule has 2 heterocycles. The van der Waals surface area contributed by atoms with Crippen molar-refractivity contribution in [3.05, 3.63) is 22.7 Å². The molecule has 2 rings (SSSR count). The first-order chi connectivity index (χ1) is 9.69. The van der Waals surface area contributed by atoms with E-state index >= 15 is 0 Å². The Morgan fingerprint density at radius 2 is 2.05 bits per heavy atom. The Hall–Kier alpha value is -1.17. The molecule has 0 aliphatic carbocycles. The number of hydrogen-bond acceptors (Lipinski definition) is 10. The molecule has 0 amide bonds. The summed E-state index contributed by atoms with van der Waals surface area (Å²) >= 11 is 0. The quantitative estimate of drug-likeness (QED) is 0.315. The van der Waals surface area contributed by atoms with Crippen LogP contribution in [0.3, 0.4) is 0 Å². The first-order valence-corrected chi connectivity index (χ1v) is 7.33. The molecule has 0 saturated carbocycles. The van der Waals surface area contributed by atoms with Gasteiger partial charge in [-0.2, -0.15) is 24.2 Å². The maximum atomic E-state index is 11.7. The van der Waals surface area contributed by atoms with Gasteiger partial charge in [0.1, 0.15) is 30.7 Å². The lowest BCUT2D eigenvalue weighted by Gasteiger charge is -2.16. The van der Waals surface area contributed by atoms with Gasteiger partial charge in [0.15, 0.2) is 6.23 Å². The predicted octanol–water partition coefficient (Wildman–Crippen LogP) is -2.88. The highest BCUT2D eigenvalue weighted by molar-refractivity contribution is 7.53. The largest absolute Gasteiger partial charge is 0.567 e. The molecule has 12 heteroatoms. The average Bonchev–Trinajstić information content (AvgIpc) is 2.64. The van der Waals surface area contributed by atoms with Crippen LogP contribution in [-0.2, 0) is 9.26 Å². The summed E-state index contributed by atoms with van der Waals surface area (Å²) in [7, 11) is -4.49. The Kier molecular flexibility index (Phi) is 4.56. The van der Waals surface area contributed by atoms with E-state index in [0.717, 1.165) is 4.57 Å². The molecule has 4 atom stereocenters. The highest BCUT2D eigenvalue weighted by Crippen LogP contribution is 2.46. The molecule has 1 aliphatic rings. The zero-order valence-electron chi connectivity index (χ0n) is 10.6. The standard InChI is InChI=1S/C9H14N3O8P/c10-5-1-2-12(9(15)11-5)8-7(14)6(13)4(20-8)3-19-21(16,17)18/h1-2,4,6-8,13-14,16-18H,3H2,(H-,10,11,15)/p+1/t4-,6-,7-,8-/m1/s1. The lowest BCUT2D eigenvalue weighted by molar-refractivity contribution is -0.0559. The van der Waals surface area contributed by atoms with Crippen molar-refractivity contribution in [2.24, 2.45) is 0 Å². The molecule has 11 nitrogen and oxygen atoms in total. The molecule has 118 valence electrons. The van der Waals surface area contributed by atoms with Crippen molar-refractivity contribution in [3.63, 3.8) is 0 Å². The summed E-state index contributed by atoms with van der Waals surface area (Å²) in [5.74, 6) is -0.0143. The molecule has 7 N–H and O–H groups in total. The van der Waals surface area contributed by atoms with Crippen LogP contribution in [0.2, 0.25) is 0 Å². The third-order valence-corrected chi connectivity index (χ3v) is 3.37. The smallest absolute Gasteiger partial charge is 0.387 e. The van der Waals surface area contributed by atoms with Crippen molar-refractivity contribution in [2.45, 2.75) is 24.5 Å². The summed E-state index contributed by atoms with van der Waals surface area (Å²) in [6, 6.07) is 1.30. The molecule has 0 bridgehead atoms. The summed E-state index contributed by atoms with van der Waals surface area (Å²) in [4.78, 5) is 41.2. The van der Waals surface area contributed by atoms with Crippen LogP contribution in [0, 0.1) is 0 Å². The average molecular weight is 324 g/mol. The summed E-state index contributed by atoms with van der Waals surface area (Å²) in [6.45, 7) is -0.594. The van der Waals surface area contributed by atoms with Gasteiger partial charge < -0.3 is 20.7 Å². The van der Waals surface area contributed by atoms with Crippen LogP contribution in [0.25, 0.3) is 0 Å². The first-order valence-electron chi connectivity index (χ1n) is 5.77. The second-order valence-corrected chi connectivity index (χ2v) is 5.68. The van der Waals surface area contributed by atoms with Crippen LogP contribution in [0.5, 0.6) is 0 Å². The van der Waals surface area contributed by atoms with Gasteiger partial charge in [-0.25, -0.2) is 4.79 Å². The second kappa shape index (κ2) is 5.91. The van der Waals surface area contributed by atoms with E-state index in [0.29, 0.717) is 0 Å². The van der Waals surface area contributed by atoms with Crippen molar-refractivity contribution in [3.8, 4) is 0 Å². The molecule has 1 aliphatic heterocycles. The molecule has 0 radical (unpaired) electrons. The zero-order chi connectivity index (χ0) is 15.8. The van der Waals surface area contributed by atoms with Gasteiger partial charge in [-0.05, 0) is 6.07 Å². The number of anilines is 1. The normalized spacial score (nSPS) is 29.8. The highest BCUT2D eigenvalue weighted by Gasteiger charge is 2.46. The van der Waals surface area contributed by atoms with Gasteiger partial charge >= 0.3 is 13.9 Å². The van der Waals surface area contributed by atoms with Crippen LogP contribution in [-0.4, -0.2) is 59.4 Å². The molecule has 1 fully saturated rings. The number of aromatic nitrogens is 2. The van der Waals surface area contributed by atoms with Crippen LogP contribution >= 0.6 is 8.17 Å². The minimum Gasteiger partial charge on any atom is -0.387 e. The SMILES string of the molecule is Nc1ccn([C@@H]2O[C@H](CO[P+](O)(O)O)[C@@H](O)[C@H]2O)c(=O)n1. The Morgan fingerprint density at radius 3 is 2.62 bits per heavy atom. The third kappa shape index (κ3) is 3.73. The van der Waals surface area contributed by atoms with Gasteiger partial charge in [-0.15, -0.1) is 0 Å². The predicted molar refractivity (Wildman–Crippen MR) is 68.4 cm³/mol. The summed E-state index contributed by atoms with van der Waals surface area (Å²) in [5.41, 5.74) is 4.54. The third-order valence-electron chi connectivity index (χ3n) is 2.87. The number of nitrogen functional groups attached to an aromatic ring is 1. The molecule has 0 spiro atoms. The minimum atomic E-state index is -4.49. The fourth-order valence-electron chi connectivity index (χ4n) is 1.89. The second-order valence-electron chi connectivity index (χ2n) is 4.40. The van der Waals surface area contributed by atoms with Crippen LogP contribution < -0.4 is 11.4 Å². The summed E-state index contributed by atoms with van der Waals surface area (Å²) in [6.07, 6.45) is -4.15. The Balaban J connectivity index is 2.14. The number of hydrogen-bond donors (Lipinski definition) is 6. The maximum Gasteiger partial charge on any atom is 0.567 e. The first kappa shape index (κ1) is 16.2. The molecule has 21 heavy (non-hydrogen) atoms. The molecule has 0 unspecified atom stereocenters. The number of ether oxygens (including phenoxy) is 1. The highest BCUT2D eigenvalue weighted by atomic mass is 31.2. The fourth-order valence-corrected chi connectivity index (χ4v) is 2.24. The summed E-state index contributed by atoms with van der Waals surface area (Å²) < 4.78 is 10.5. The lowest BCUT2D eigenvalue weighted by Crippen LogP contribution is -2.36. The van der Waals surface area contributed by atoms with E-state index in [1.165, 1.54) is 12.3 Å². The van der Waals surface area contributed by atoms with Crippen molar-refractivity contribution in [2.75, 3.05) is 12.3 Å². The van der Waals surface area contributed by atoms with E-state index in [1.807, 2.05) is 0 Å². The van der Waals surface area contributed by atoms with Gasteiger partial charge in [0.2, 0.25) is 0 Å².